The predicted molar refractivity (Wildman–Crippen MR) is 51.7 cm³/mol. The summed E-state index contributed by atoms with van der Waals surface area (Å²) in [6.07, 6.45) is 5.25. The zero-order chi connectivity index (χ0) is 9.94. The SMILES string of the molecule is CCCCCCCOC(=O)OCC. The van der Waals surface area contributed by atoms with E-state index in [0.29, 0.717) is 13.2 Å². The molecule has 0 aliphatic heterocycles. The second kappa shape index (κ2) is 9.36. The maximum atomic E-state index is 10.7. The van der Waals surface area contributed by atoms with Crippen LogP contribution in [0, 0.1) is 0 Å². The van der Waals surface area contributed by atoms with Crippen LogP contribution in [0.5, 0.6) is 0 Å². The highest BCUT2D eigenvalue weighted by molar-refractivity contribution is 5.59. The van der Waals surface area contributed by atoms with Gasteiger partial charge in [0.05, 0.1) is 13.2 Å². The number of hydrogen-bond acceptors (Lipinski definition) is 3. The Morgan fingerprint density at radius 1 is 1.00 bits per heavy atom. The molecule has 0 saturated heterocycles. The Morgan fingerprint density at radius 2 is 1.69 bits per heavy atom. The van der Waals surface area contributed by atoms with Crippen LogP contribution < -0.4 is 0 Å². The first-order valence-electron chi connectivity index (χ1n) is 5.10. The lowest BCUT2D eigenvalue weighted by atomic mass is 10.2. The van der Waals surface area contributed by atoms with Crippen molar-refractivity contribution in [2.45, 2.75) is 46.0 Å². The topological polar surface area (TPSA) is 35.5 Å². The van der Waals surface area contributed by atoms with Crippen molar-refractivity contribution in [1.29, 1.82) is 0 Å². The molecule has 3 heteroatoms. The fourth-order valence-corrected chi connectivity index (χ4v) is 1.02. The number of carbonyl (C=O) groups is 1. The molecule has 0 unspecified atom stereocenters. The van der Waals surface area contributed by atoms with Gasteiger partial charge in [-0.1, -0.05) is 32.6 Å². The monoisotopic (exact) mass is 188 g/mol. The molecule has 0 aliphatic rings. The first-order chi connectivity index (χ1) is 6.31. The first-order valence-corrected chi connectivity index (χ1v) is 5.10. The van der Waals surface area contributed by atoms with Crippen LogP contribution in [0.1, 0.15) is 46.0 Å². The molecule has 0 spiro atoms. The number of ether oxygens (including phenoxy) is 2. The second-order valence-corrected chi connectivity index (χ2v) is 2.95. The highest BCUT2D eigenvalue weighted by Gasteiger charge is 2.00. The van der Waals surface area contributed by atoms with Crippen LogP contribution in [0.2, 0.25) is 0 Å². The van der Waals surface area contributed by atoms with Gasteiger partial charge in [-0.2, -0.15) is 0 Å². The summed E-state index contributed by atoms with van der Waals surface area (Å²) < 4.78 is 9.41. The van der Waals surface area contributed by atoms with Crippen molar-refractivity contribution >= 4 is 6.16 Å². The third-order valence-electron chi connectivity index (χ3n) is 1.73. The maximum absolute atomic E-state index is 10.7. The van der Waals surface area contributed by atoms with E-state index in [0.717, 1.165) is 12.8 Å². The highest BCUT2D eigenvalue weighted by Crippen LogP contribution is 2.02. The van der Waals surface area contributed by atoms with Gasteiger partial charge in [0, 0.05) is 0 Å². The van der Waals surface area contributed by atoms with E-state index in [1.807, 2.05) is 0 Å². The Kier molecular flexibility index (Phi) is 8.83. The van der Waals surface area contributed by atoms with Crippen LogP contribution in [0.4, 0.5) is 4.79 Å². The van der Waals surface area contributed by atoms with Gasteiger partial charge >= 0.3 is 6.16 Å². The van der Waals surface area contributed by atoms with Gasteiger partial charge in [0.2, 0.25) is 0 Å². The van der Waals surface area contributed by atoms with E-state index in [1.54, 1.807) is 6.92 Å². The van der Waals surface area contributed by atoms with Crippen LogP contribution in [0.15, 0.2) is 0 Å². The van der Waals surface area contributed by atoms with Crippen molar-refractivity contribution in [3.05, 3.63) is 0 Å². The van der Waals surface area contributed by atoms with Crippen LogP contribution in [-0.2, 0) is 9.47 Å². The Morgan fingerprint density at radius 3 is 2.31 bits per heavy atom. The molecule has 0 N–H and O–H groups in total. The third-order valence-corrected chi connectivity index (χ3v) is 1.73. The van der Waals surface area contributed by atoms with Gasteiger partial charge in [-0.15, -0.1) is 0 Å². The number of rotatable bonds is 7. The lowest BCUT2D eigenvalue weighted by Gasteiger charge is -2.03. The Hall–Kier alpha value is -0.730. The third kappa shape index (κ3) is 9.18. The minimum absolute atomic E-state index is 0.384. The summed E-state index contributed by atoms with van der Waals surface area (Å²) in [4.78, 5) is 10.7. The number of unbranched alkanes of at least 4 members (excludes halogenated alkanes) is 4. The fraction of sp³-hybridized carbons (Fsp3) is 0.900. The Bertz CT molecular complexity index is 123. The molecule has 0 heterocycles. The average Bonchev–Trinajstić information content (AvgIpc) is 2.11. The maximum Gasteiger partial charge on any atom is 0.508 e. The van der Waals surface area contributed by atoms with E-state index in [-0.39, 0.29) is 0 Å². The molecule has 0 radical (unpaired) electrons. The van der Waals surface area contributed by atoms with E-state index in [1.165, 1.54) is 19.3 Å². The molecule has 0 aliphatic carbocycles. The summed E-state index contributed by atoms with van der Waals surface area (Å²) >= 11 is 0. The van der Waals surface area contributed by atoms with E-state index >= 15 is 0 Å². The fourth-order valence-electron chi connectivity index (χ4n) is 1.02. The second-order valence-electron chi connectivity index (χ2n) is 2.95. The first kappa shape index (κ1) is 12.3. The molecule has 0 fully saturated rings. The molecule has 0 saturated carbocycles. The van der Waals surface area contributed by atoms with E-state index in [9.17, 15) is 4.79 Å². The van der Waals surface area contributed by atoms with Crippen molar-refractivity contribution in [3.63, 3.8) is 0 Å². The summed E-state index contributed by atoms with van der Waals surface area (Å²) in [5.41, 5.74) is 0. The molecule has 0 rings (SSSR count). The molecule has 0 aromatic rings. The average molecular weight is 188 g/mol. The predicted octanol–water partition coefficient (Wildman–Crippen LogP) is 3.13. The van der Waals surface area contributed by atoms with Crippen molar-refractivity contribution < 1.29 is 14.3 Å². The van der Waals surface area contributed by atoms with Gasteiger partial charge in [0.15, 0.2) is 0 Å². The molecule has 0 bridgehead atoms. The largest absolute Gasteiger partial charge is 0.508 e. The quantitative estimate of drug-likeness (QED) is 0.455. The van der Waals surface area contributed by atoms with Crippen LogP contribution in [0.25, 0.3) is 0 Å². The minimum atomic E-state index is -0.544. The lowest BCUT2D eigenvalue weighted by Crippen LogP contribution is -2.07. The van der Waals surface area contributed by atoms with Crippen molar-refractivity contribution in [1.82, 2.24) is 0 Å². The molecule has 13 heavy (non-hydrogen) atoms. The van der Waals surface area contributed by atoms with Gasteiger partial charge in [-0.05, 0) is 13.3 Å². The van der Waals surface area contributed by atoms with Gasteiger partial charge in [0.25, 0.3) is 0 Å². The van der Waals surface area contributed by atoms with Gasteiger partial charge in [-0.25, -0.2) is 4.79 Å². The van der Waals surface area contributed by atoms with Crippen molar-refractivity contribution in [3.8, 4) is 0 Å². The standard InChI is InChI=1S/C10H20O3/c1-3-5-6-7-8-9-13-10(11)12-4-2/h3-9H2,1-2H3. The highest BCUT2D eigenvalue weighted by atomic mass is 16.7. The summed E-state index contributed by atoms with van der Waals surface area (Å²) in [5, 5.41) is 0. The smallest absolute Gasteiger partial charge is 0.435 e. The van der Waals surface area contributed by atoms with Crippen molar-refractivity contribution in [2.24, 2.45) is 0 Å². The molecule has 0 atom stereocenters. The van der Waals surface area contributed by atoms with Crippen LogP contribution >= 0.6 is 0 Å². The molecule has 3 nitrogen and oxygen atoms in total. The zero-order valence-corrected chi connectivity index (χ0v) is 8.67. The van der Waals surface area contributed by atoms with Gasteiger partial charge in [-0.3, -0.25) is 0 Å². The zero-order valence-electron chi connectivity index (χ0n) is 8.67. The van der Waals surface area contributed by atoms with E-state index < -0.39 is 6.16 Å². The van der Waals surface area contributed by atoms with E-state index in [2.05, 4.69) is 11.7 Å². The molecule has 0 aromatic carbocycles. The van der Waals surface area contributed by atoms with Gasteiger partial charge < -0.3 is 9.47 Å². The molecule has 78 valence electrons. The molecule has 0 aromatic heterocycles. The Balaban J connectivity index is 3.02. The number of carbonyl (C=O) groups excluding carboxylic acids is 1. The van der Waals surface area contributed by atoms with E-state index in [4.69, 9.17) is 4.74 Å². The lowest BCUT2D eigenvalue weighted by molar-refractivity contribution is 0.0578. The van der Waals surface area contributed by atoms with Crippen LogP contribution in [0.3, 0.4) is 0 Å². The number of hydrogen-bond donors (Lipinski definition) is 0. The summed E-state index contributed by atoms with van der Waals surface area (Å²) in [7, 11) is 0. The van der Waals surface area contributed by atoms with Crippen molar-refractivity contribution in [2.75, 3.05) is 13.2 Å². The normalized spacial score (nSPS) is 9.69. The minimum Gasteiger partial charge on any atom is -0.435 e. The summed E-state index contributed by atoms with van der Waals surface area (Å²) in [6.45, 7) is 4.81. The molecular formula is C10H20O3. The summed E-state index contributed by atoms with van der Waals surface area (Å²) in [6, 6.07) is 0. The Labute approximate surface area is 80.4 Å². The summed E-state index contributed by atoms with van der Waals surface area (Å²) in [5.74, 6) is 0. The van der Waals surface area contributed by atoms with Gasteiger partial charge in [0.1, 0.15) is 0 Å². The van der Waals surface area contributed by atoms with Crippen LogP contribution in [-0.4, -0.2) is 19.4 Å². The molecule has 0 amide bonds. The molecular weight excluding hydrogens is 168 g/mol.